The summed E-state index contributed by atoms with van der Waals surface area (Å²) in [4.78, 5) is -0.274. The second-order valence-corrected chi connectivity index (χ2v) is 19.7. The molecule has 0 bridgehead atoms. The molecular formula is C32H42F3NO4SSi. The van der Waals surface area contributed by atoms with E-state index in [2.05, 4.69) is 50.2 Å². The van der Waals surface area contributed by atoms with Gasteiger partial charge in [-0.2, -0.15) is 21.6 Å². The molecule has 0 N–H and O–H groups in total. The highest BCUT2D eigenvalue weighted by molar-refractivity contribution is 7.86. The Hall–Kier alpha value is -2.43. The second-order valence-electron chi connectivity index (χ2n) is 13.4. The second kappa shape index (κ2) is 11.6. The minimum atomic E-state index is -4.93. The lowest BCUT2D eigenvalue weighted by Crippen LogP contribution is -2.49. The van der Waals surface area contributed by atoms with Gasteiger partial charge in [0.05, 0.1) is 0 Å². The van der Waals surface area contributed by atoms with Gasteiger partial charge in [0.25, 0.3) is 0 Å². The number of alkyl halides is 3. The Morgan fingerprint density at radius 3 is 2.36 bits per heavy atom. The first kappa shape index (κ1) is 32.5. The van der Waals surface area contributed by atoms with E-state index in [0.29, 0.717) is 11.5 Å². The molecule has 5 nitrogen and oxygen atoms in total. The molecule has 10 heteroatoms. The van der Waals surface area contributed by atoms with Crippen LogP contribution in [0, 0.1) is 18.3 Å². The average Bonchev–Trinajstić information content (AvgIpc) is 3.19. The molecule has 2 aliphatic rings. The van der Waals surface area contributed by atoms with E-state index in [1.54, 1.807) is 13.0 Å². The molecule has 2 fully saturated rings. The largest absolute Gasteiger partial charge is 0.437 e. The molecule has 0 aromatic heterocycles. The van der Waals surface area contributed by atoms with Crippen LogP contribution < -0.4 is 0 Å². The van der Waals surface area contributed by atoms with E-state index in [0.717, 1.165) is 37.7 Å². The standard InChI is InChI=1S/C32H42F3NO4SSi/c1-22-13-16-26(17-14-22)41(37,38)40-36-29(32(33,34)35)24-11-8-10-23(20-24)21-25-15-18-27-28(12-9-19-31(25,27)5)39-42(6,7)30(2,3)4/h8,10-11,13-14,16-17,20-21,27-28H,9,12,15,18-19H2,1-7H3/b25-21-,36-29+/t27-,28-,31+/m0/s1. The van der Waals surface area contributed by atoms with Crippen molar-refractivity contribution in [3.8, 4) is 0 Å². The minimum Gasteiger partial charge on any atom is -0.414 e. The Kier molecular flexibility index (Phi) is 8.95. The zero-order chi connectivity index (χ0) is 31.1. The Bertz CT molecular complexity index is 1460. The first-order valence-corrected chi connectivity index (χ1v) is 18.8. The fourth-order valence-corrected chi connectivity index (χ4v) is 8.10. The van der Waals surface area contributed by atoms with Gasteiger partial charge in [0.15, 0.2) is 14.0 Å². The lowest BCUT2D eigenvalue weighted by molar-refractivity contribution is -0.0597. The molecule has 2 aromatic carbocycles. The highest BCUT2D eigenvalue weighted by atomic mass is 32.2. The number of allylic oxidation sites excluding steroid dienone is 1. The van der Waals surface area contributed by atoms with Crippen molar-refractivity contribution in [3.63, 3.8) is 0 Å². The van der Waals surface area contributed by atoms with E-state index in [9.17, 15) is 21.6 Å². The minimum absolute atomic E-state index is 0.0898. The van der Waals surface area contributed by atoms with Crippen molar-refractivity contribution in [1.29, 1.82) is 0 Å². The molecule has 0 amide bonds. The van der Waals surface area contributed by atoms with Crippen LogP contribution in [0.3, 0.4) is 0 Å². The van der Waals surface area contributed by atoms with Crippen LogP contribution in [0.15, 0.2) is 64.2 Å². The molecule has 0 spiro atoms. The number of hydrogen-bond donors (Lipinski definition) is 0. The number of nitrogens with zero attached hydrogens (tertiary/aromatic N) is 1. The van der Waals surface area contributed by atoms with Gasteiger partial charge in [-0.3, -0.25) is 4.28 Å². The van der Waals surface area contributed by atoms with Crippen LogP contribution in [-0.4, -0.2) is 34.7 Å². The quantitative estimate of drug-likeness (QED) is 0.176. The number of aryl methyl sites for hydroxylation is 1. The summed E-state index contributed by atoms with van der Waals surface area (Å²) in [5.74, 6) is 0.363. The summed E-state index contributed by atoms with van der Waals surface area (Å²) in [5.41, 5.74) is 0.863. The predicted molar refractivity (Wildman–Crippen MR) is 163 cm³/mol. The van der Waals surface area contributed by atoms with Crippen LogP contribution in [0.25, 0.3) is 6.08 Å². The van der Waals surface area contributed by atoms with Gasteiger partial charge >= 0.3 is 16.3 Å². The van der Waals surface area contributed by atoms with Gasteiger partial charge in [-0.15, -0.1) is 0 Å². The maximum atomic E-state index is 14.1. The average molecular weight is 622 g/mol. The molecule has 2 aromatic rings. The van der Waals surface area contributed by atoms with Crippen LogP contribution in [0.4, 0.5) is 13.2 Å². The maximum Gasteiger partial charge on any atom is 0.437 e. The van der Waals surface area contributed by atoms with Crippen LogP contribution >= 0.6 is 0 Å². The zero-order valence-electron chi connectivity index (χ0n) is 25.5. The molecule has 0 saturated heterocycles. The van der Waals surface area contributed by atoms with Crippen LogP contribution in [0.1, 0.15) is 76.5 Å². The SMILES string of the molecule is Cc1ccc(S(=O)(=O)O/N=C(\c2cccc(/C=C3/CC[C@H]4[C@@H](O[Si](C)(C)C(C)(C)C)CCC[C@]34C)c2)C(F)(F)F)cc1. The number of hydrogen-bond acceptors (Lipinski definition) is 5. The Morgan fingerprint density at radius 1 is 1.07 bits per heavy atom. The predicted octanol–water partition coefficient (Wildman–Crippen LogP) is 9.04. The van der Waals surface area contributed by atoms with Crippen molar-refractivity contribution in [3.05, 3.63) is 70.8 Å². The van der Waals surface area contributed by atoms with Gasteiger partial charge in [-0.1, -0.05) is 86.8 Å². The lowest BCUT2D eigenvalue weighted by Gasteiger charge is -2.47. The van der Waals surface area contributed by atoms with Crippen molar-refractivity contribution in [2.75, 3.05) is 0 Å². The summed E-state index contributed by atoms with van der Waals surface area (Å²) in [7, 11) is -6.49. The fourth-order valence-electron chi connectivity index (χ4n) is 5.98. The van der Waals surface area contributed by atoms with Gasteiger partial charge in [0, 0.05) is 11.7 Å². The smallest absolute Gasteiger partial charge is 0.414 e. The number of rotatable bonds is 7. The molecule has 2 aliphatic carbocycles. The van der Waals surface area contributed by atoms with Crippen molar-refractivity contribution in [2.24, 2.45) is 16.5 Å². The number of oxime groups is 1. The van der Waals surface area contributed by atoms with Gasteiger partial charge in [-0.25, -0.2) is 0 Å². The third-order valence-corrected chi connectivity index (χ3v) is 15.1. The summed E-state index contributed by atoms with van der Waals surface area (Å²) < 4.78 is 78.8. The molecule has 0 unspecified atom stereocenters. The molecule has 42 heavy (non-hydrogen) atoms. The molecule has 0 radical (unpaired) electrons. The fraction of sp³-hybridized carbons (Fsp3) is 0.531. The maximum absolute atomic E-state index is 14.1. The van der Waals surface area contributed by atoms with Gasteiger partial charge in [0.2, 0.25) is 0 Å². The molecule has 230 valence electrons. The third-order valence-electron chi connectivity index (χ3n) is 9.47. The molecule has 3 atom stereocenters. The van der Waals surface area contributed by atoms with E-state index in [-0.39, 0.29) is 27.0 Å². The Balaban J connectivity index is 1.61. The molecule has 4 rings (SSSR count). The highest BCUT2D eigenvalue weighted by Gasteiger charge is 2.51. The summed E-state index contributed by atoms with van der Waals surface area (Å²) >= 11 is 0. The van der Waals surface area contributed by atoms with Crippen molar-refractivity contribution in [2.45, 2.75) is 102 Å². The van der Waals surface area contributed by atoms with Gasteiger partial charge in [-0.05, 0) is 85.8 Å². The van der Waals surface area contributed by atoms with E-state index in [1.807, 2.05) is 6.08 Å². The van der Waals surface area contributed by atoms with E-state index < -0.39 is 30.3 Å². The normalized spacial score (nSPS) is 25.0. The topological polar surface area (TPSA) is 65.0 Å². The number of halogens is 3. The molecule has 0 aliphatic heterocycles. The summed E-state index contributed by atoms with van der Waals surface area (Å²) in [6.45, 7) is 15.3. The molecule has 0 heterocycles. The van der Waals surface area contributed by atoms with Gasteiger partial charge < -0.3 is 4.43 Å². The third kappa shape index (κ3) is 6.86. The lowest BCUT2D eigenvalue weighted by atomic mass is 9.66. The van der Waals surface area contributed by atoms with Gasteiger partial charge in [0.1, 0.15) is 4.90 Å². The Morgan fingerprint density at radius 2 is 1.74 bits per heavy atom. The number of fused-ring (bicyclic) bond motifs is 1. The summed E-state index contributed by atoms with van der Waals surface area (Å²) in [6.07, 6.45) is 2.18. The highest BCUT2D eigenvalue weighted by Crippen LogP contribution is 2.57. The van der Waals surface area contributed by atoms with Crippen LogP contribution in [0.5, 0.6) is 0 Å². The molecular weight excluding hydrogens is 580 g/mol. The zero-order valence-corrected chi connectivity index (χ0v) is 27.3. The van der Waals surface area contributed by atoms with Crippen molar-refractivity contribution in [1.82, 2.24) is 0 Å². The van der Waals surface area contributed by atoms with E-state index >= 15 is 0 Å². The number of benzene rings is 2. The van der Waals surface area contributed by atoms with Crippen molar-refractivity contribution < 1.29 is 30.3 Å². The van der Waals surface area contributed by atoms with Crippen LogP contribution in [-0.2, 0) is 18.8 Å². The van der Waals surface area contributed by atoms with E-state index in [4.69, 9.17) is 4.43 Å². The first-order chi connectivity index (χ1) is 19.3. The monoisotopic (exact) mass is 621 g/mol. The first-order valence-electron chi connectivity index (χ1n) is 14.5. The van der Waals surface area contributed by atoms with Crippen LogP contribution in [0.2, 0.25) is 18.1 Å². The summed E-state index contributed by atoms with van der Waals surface area (Å²) in [6, 6.07) is 11.5. The summed E-state index contributed by atoms with van der Waals surface area (Å²) in [5, 5.41) is 3.23. The van der Waals surface area contributed by atoms with E-state index in [1.165, 1.54) is 48.0 Å². The van der Waals surface area contributed by atoms with Crippen molar-refractivity contribution >= 4 is 30.2 Å². The Labute approximate surface area is 249 Å². The molecule has 2 saturated carbocycles.